The van der Waals surface area contributed by atoms with Crippen LogP contribution in [0.3, 0.4) is 0 Å². The largest absolute Gasteiger partial charge is 0.366 e. The quantitative estimate of drug-likeness (QED) is 0.823. The molecule has 2 unspecified atom stereocenters. The molecule has 1 aromatic carbocycles. The summed E-state index contributed by atoms with van der Waals surface area (Å²) in [6.45, 7) is 5.13. The minimum Gasteiger partial charge on any atom is -0.366 e. The fraction of sp³-hybridized carbons (Fsp3) is 0.588. The third kappa shape index (κ3) is 5.90. The Labute approximate surface area is 156 Å². The SMILES string of the molecule is Cl.Cl.O=C(NC(CN1CCCC1)c1ccccc1)C1CNCCO1. The molecule has 2 saturated heterocycles. The van der Waals surface area contributed by atoms with Crippen LogP contribution in [0.25, 0.3) is 0 Å². The Balaban J connectivity index is 0.00000144. The molecular weight excluding hydrogens is 349 g/mol. The van der Waals surface area contributed by atoms with Crippen LogP contribution >= 0.6 is 24.8 Å². The summed E-state index contributed by atoms with van der Waals surface area (Å²) in [7, 11) is 0. The van der Waals surface area contributed by atoms with Crippen LogP contribution in [0.5, 0.6) is 0 Å². The van der Waals surface area contributed by atoms with Crippen molar-refractivity contribution >= 4 is 30.7 Å². The topological polar surface area (TPSA) is 53.6 Å². The third-order valence-electron chi connectivity index (χ3n) is 4.38. The molecule has 5 nitrogen and oxygen atoms in total. The number of amides is 1. The molecule has 7 heteroatoms. The number of carbonyl (C=O) groups excluding carboxylic acids is 1. The van der Waals surface area contributed by atoms with Crippen molar-refractivity contribution in [3.63, 3.8) is 0 Å². The van der Waals surface area contributed by atoms with E-state index in [4.69, 9.17) is 4.74 Å². The number of hydrogen-bond donors (Lipinski definition) is 2. The minimum absolute atomic E-state index is 0. The average molecular weight is 376 g/mol. The van der Waals surface area contributed by atoms with Gasteiger partial charge < -0.3 is 20.3 Å². The smallest absolute Gasteiger partial charge is 0.250 e. The van der Waals surface area contributed by atoms with E-state index in [2.05, 4.69) is 27.7 Å². The Bertz CT molecular complexity index is 478. The van der Waals surface area contributed by atoms with Crippen molar-refractivity contribution in [3.8, 4) is 0 Å². The van der Waals surface area contributed by atoms with Crippen LogP contribution in [0.1, 0.15) is 24.4 Å². The molecule has 0 bridgehead atoms. The van der Waals surface area contributed by atoms with Gasteiger partial charge in [-0.1, -0.05) is 30.3 Å². The summed E-state index contributed by atoms with van der Waals surface area (Å²) in [4.78, 5) is 14.9. The summed E-state index contributed by atoms with van der Waals surface area (Å²) < 4.78 is 5.56. The normalized spacial score (nSPS) is 22.1. The van der Waals surface area contributed by atoms with E-state index in [1.165, 1.54) is 12.8 Å². The molecule has 0 spiro atoms. The van der Waals surface area contributed by atoms with Crippen LogP contribution in [-0.4, -0.2) is 56.2 Å². The van der Waals surface area contributed by atoms with Crippen LogP contribution in [0.15, 0.2) is 30.3 Å². The van der Waals surface area contributed by atoms with Gasteiger partial charge in [0.1, 0.15) is 6.10 Å². The van der Waals surface area contributed by atoms with E-state index in [-0.39, 0.29) is 42.9 Å². The number of rotatable bonds is 5. The molecule has 1 amide bonds. The number of nitrogens with one attached hydrogen (secondary N) is 2. The van der Waals surface area contributed by atoms with Crippen molar-refractivity contribution in [1.29, 1.82) is 0 Å². The number of likely N-dealkylation sites (tertiary alicyclic amines) is 1. The van der Waals surface area contributed by atoms with Crippen LogP contribution in [-0.2, 0) is 9.53 Å². The molecule has 1 aromatic rings. The summed E-state index contributed by atoms with van der Waals surface area (Å²) >= 11 is 0. The molecule has 2 aliphatic rings. The Morgan fingerprint density at radius 1 is 1.25 bits per heavy atom. The third-order valence-corrected chi connectivity index (χ3v) is 4.38. The van der Waals surface area contributed by atoms with E-state index in [0.717, 1.165) is 31.7 Å². The second-order valence-corrected chi connectivity index (χ2v) is 6.04. The number of benzene rings is 1. The van der Waals surface area contributed by atoms with Crippen LogP contribution < -0.4 is 10.6 Å². The molecule has 3 rings (SSSR count). The van der Waals surface area contributed by atoms with Crippen LogP contribution in [0.4, 0.5) is 0 Å². The van der Waals surface area contributed by atoms with E-state index in [9.17, 15) is 4.79 Å². The Morgan fingerprint density at radius 3 is 2.58 bits per heavy atom. The number of carbonyl (C=O) groups is 1. The minimum atomic E-state index is -0.376. The highest BCUT2D eigenvalue weighted by molar-refractivity contribution is 5.85. The molecular formula is C17H27Cl2N3O2. The molecule has 0 saturated carbocycles. The molecule has 0 aromatic heterocycles. The van der Waals surface area contributed by atoms with E-state index >= 15 is 0 Å². The lowest BCUT2D eigenvalue weighted by Crippen LogP contribution is -2.49. The second-order valence-electron chi connectivity index (χ2n) is 6.04. The van der Waals surface area contributed by atoms with Crippen molar-refractivity contribution in [3.05, 3.63) is 35.9 Å². The van der Waals surface area contributed by atoms with Gasteiger partial charge in [-0.3, -0.25) is 4.79 Å². The zero-order valence-electron chi connectivity index (χ0n) is 13.8. The first-order chi connectivity index (χ1) is 10.8. The number of hydrogen-bond acceptors (Lipinski definition) is 4. The molecule has 2 N–H and O–H groups in total. The van der Waals surface area contributed by atoms with Crippen molar-refractivity contribution < 1.29 is 9.53 Å². The highest BCUT2D eigenvalue weighted by Crippen LogP contribution is 2.18. The Morgan fingerprint density at radius 2 is 1.96 bits per heavy atom. The summed E-state index contributed by atoms with van der Waals surface area (Å²) in [6, 6.07) is 10.3. The first-order valence-corrected chi connectivity index (χ1v) is 8.23. The van der Waals surface area contributed by atoms with E-state index in [0.29, 0.717) is 13.2 Å². The van der Waals surface area contributed by atoms with Gasteiger partial charge in [-0.05, 0) is 31.5 Å². The molecule has 2 fully saturated rings. The lowest BCUT2D eigenvalue weighted by molar-refractivity contribution is -0.135. The zero-order chi connectivity index (χ0) is 15.2. The summed E-state index contributed by atoms with van der Waals surface area (Å²) in [6.07, 6.45) is 2.13. The lowest BCUT2D eigenvalue weighted by atomic mass is 10.1. The zero-order valence-corrected chi connectivity index (χ0v) is 15.4. The average Bonchev–Trinajstić information content (AvgIpc) is 3.09. The van der Waals surface area contributed by atoms with Crippen molar-refractivity contribution in [2.75, 3.05) is 39.3 Å². The monoisotopic (exact) mass is 375 g/mol. The lowest BCUT2D eigenvalue weighted by Gasteiger charge is -2.28. The molecule has 2 atom stereocenters. The van der Waals surface area contributed by atoms with Gasteiger partial charge in [0.15, 0.2) is 0 Å². The Hall–Kier alpha value is -0.850. The second kappa shape index (κ2) is 10.9. The molecule has 2 heterocycles. The highest BCUT2D eigenvalue weighted by Gasteiger charge is 2.26. The molecule has 0 aliphatic carbocycles. The molecule has 0 radical (unpaired) electrons. The van der Waals surface area contributed by atoms with Gasteiger partial charge in [0.25, 0.3) is 5.91 Å². The number of nitrogens with zero attached hydrogens (tertiary/aromatic N) is 1. The Kier molecular flexibility index (Phi) is 9.63. The summed E-state index contributed by atoms with van der Waals surface area (Å²) in [5.41, 5.74) is 1.16. The first kappa shape index (κ1) is 21.2. The summed E-state index contributed by atoms with van der Waals surface area (Å²) in [5.74, 6) is -0.0137. The van der Waals surface area contributed by atoms with Gasteiger partial charge >= 0.3 is 0 Å². The molecule has 2 aliphatic heterocycles. The van der Waals surface area contributed by atoms with E-state index in [1.54, 1.807) is 0 Å². The maximum absolute atomic E-state index is 12.5. The van der Waals surface area contributed by atoms with Crippen molar-refractivity contribution in [1.82, 2.24) is 15.5 Å². The van der Waals surface area contributed by atoms with Gasteiger partial charge in [0, 0.05) is 19.6 Å². The number of morpholine rings is 1. The van der Waals surface area contributed by atoms with E-state index < -0.39 is 0 Å². The molecule has 24 heavy (non-hydrogen) atoms. The standard InChI is InChI=1S/C17H25N3O2.2ClH/c21-17(16-12-18-8-11-22-16)19-15(13-20-9-4-5-10-20)14-6-2-1-3-7-14;;/h1-3,6-7,15-16,18H,4-5,8-13H2,(H,19,21);2*1H. The predicted octanol–water partition coefficient (Wildman–Crippen LogP) is 1.77. The molecule has 136 valence electrons. The van der Waals surface area contributed by atoms with Gasteiger partial charge in [-0.25, -0.2) is 0 Å². The number of halogens is 2. The van der Waals surface area contributed by atoms with Crippen molar-refractivity contribution in [2.45, 2.75) is 25.0 Å². The van der Waals surface area contributed by atoms with Gasteiger partial charge in [0.05, 0.1) is 12.6 Å². The summed E-state index contributed by atoms with van der Waals surface area (Å²) in [5, 5.41) is 6.39. The van der Waals surface area contributed by atoms with Gasteiger partial charge in [0.2, 0.25) is 0 Å². The number of ether oxygens (including phenoxy) is 1. The fourth-order valence-corrected chi connectivity index (χ4v) is 3.14. The first-order valence-electron chi connectivity index (χ1n) is 8.23. The predicted molar refractivity (Wildman–Crippen MR) is 100 cm³/mol. The van der Waals surface area contributed by atoms with Crippen LogP contribution in [0, 0.1) is 0 Å². The maximum atomic E-state index is 12.5. The van der Waals surface area contributed by atoms with Gasteiger partial charge in [-0.2, -0.15) is 0 Å². The maximum Gasteiger partial charge on any atom is 0.250 e. The fourth-order valence-electron chi connectivity index (χ4n) is 3.14. The highest BCUT2D eigenvalue weighted by atomic mass is 35.5. The van der Waals surface area contributed by atoms with Crippen LogP contribution in [0.2, 0.25) is 0 Å². The van der Waals surface area contributed by atoms with E-state index in [1.807, 2.05) is 18.2 Å². The van der Waals surface area contributed by atoms with Crippen molar-refractivity contribution in [2.24, 2.45) is 0 Å². The van der Waals surface area contributed by atoms with Gasteiger partial charge in [-0.15, -0.1) is 24.8 Å².